The van der Waals surface area contributed by atoms with Gasteiger partial charge in [0, 0.05) is 47.7 Å². The Morgan fingerprint density at radius 1 is 1.17 bits per heavy atom. The fraction of sp³-hybridized carbons (Fsp3) is 0.333. The Labute approximate surface area is 176 Å². The lowest BCUT2D eigenvalue weighted by atomic mass is 10.0. The summed E-state index contributed by atoms with van der Waals surface area (Å²) in [6, 6.07) is 10.3. The molecule has 0 fully saturated rings. The number of nitrogens with one attached hydrogen (secondary N) is 1. The number of fused-ring (bicyclic) bond motifs is 4. The Balaban J connectivity index is 1.58. The summed E-state index contributed by atoms with van der Waals surface area (Å²) in [4.78, 5) is 18.4. The second kappa shape index (κ2) is 8.32. The molecule has 6 heteroatoms. The molecule has 0 radical (unpaired) electrons. The van der Waals surface area contributed by atoms with Crippen LogP contribution in [0.15, 0.2) is 42.7 Å². The molecular formula is C24H28N4O2. The lowest BCUT2D eigenvalue weighted by Gasteiger charge is -2.10. The zero-order chi connectivity index (χ0) is 21.3. The molecule has 30 heavy (non-hydrogen) atoms. The molecule has 1 amide bonds. The number of carbonyl (C=O) groups excluding carboxylic acids is 1. The SMILES string of the molecule is Cc1c2ccncc2cc2c3cc(OCC(=O)NCCCN(C)C)ccc3n(C)c12. The lowest BCUT2D eigenvalue weighted by molar-refractivity contribution is -0.123. The Kier molecular flexibility index (Phi) is 5.59. The highest BCUT2D eigenvalue weighted by molar-refractivity contribution is 6.14. The minimum atomic E-state index is -0.0975. The summed E-state index contributed by atoms with van der Waals surface area (Å²) >= 11 is 0. The van der Waals surface area contributed by atoms with E-state index in [1.807, 2.05) is 38.6 Å². The molecule has 0 aliphatic heterocycles. The van der Waals surface area contributed by atoms with Crippen molar-refractivity contribution in [3.63, 3.8) is 0 Å². The van der Waals surface area contributed by atoms with Gasteiger partial charge in [-0.05, 0) is 75.3 Å². The van der Waals surface area contributed by atoms with Gasteiger partial charge in [-0.2, -0.15) is 0 Å². The van der Waals surface area contributed by atoms with Gasteiger partial charge in [-0.3, -0.25) is 9.78 Å². The summed E-state index contributed by atoms with van der Waals surface area (Å²) in [5.74, 6) is 0.599. The number of pyridine rings is 1. The van der Waals surface area contributed by atoms with Gasteiger partial charge in [0.15, 0.2) is 6.61 Å². The molecule has 2 aromatic carbocycles. The monoisotopic (exact) mass is 404 g/mol. The molecule has 0 unspecified atom stereocenters. The highest BCUT2D eigenvalue weighted by Crippen LogP contribution is 2.36. The summed E-state index contributed by atoms with van der Waals surface area (Å²) < 4.78 is 8.01. The van der Waals surface area contributed by atoms with Crippen LogP contribution in [-0.4, -0.2) is 54.1 Å². The number of aryl methyl sites for hydroxylation is 2. The molecule has 0 bridgehead atoms. The number of carbonyl (C=O) groups is 1. The van der Waals surface area contributed by atoms with E-state index >= 15 is 0 Å². The molecule has 4 aromatic rings. The molecule has 6 nitrogen and oxygen atoms in total. The Morgan fingerprint density at radius 2 is 2.00 bits per heavy atom. The van der Waals surface area contributed by atoms with Crippen molar-refractivity contribution >= 4 is 38.5 Å². The van der Waals surface area contributed by atoms with Crippen LogP contribution in [0.3, 0.4) is 0 Å². The number of aromatic nitrogens is 2. The Bertz CT molecular complexity index is 1230. The average Bonchev–Trinajstić information content (AvgIpc) is 3.01. The third-order valence-electron chi connectivity index (χ3n) is 5.60. The summed E-state index contributed by atoms with van der Waals surface area (Å²) in [6.45, 7) is 3.78. The van der Waals surface area contributed by atoms with Crippen LogP contribution in [0.1, 0.15) is 12.0 Å². The number of hydrogen-bond acceptors (Lipinski definition) is 4. The van der Waals surface area contributed by atoms with E-state index in [0.717, 1.165) is 29.3 Å². The number of amides is 1. The van der Waals surface area contributed by atoms with E-state index in [-0.39, 0.29) is 12.5 Å². The first-order valence-corrected chi connectivity index (χ1v) is 10.3. The number of nitrogens with zero attached hydrogens (tertiary/aromatic N) is 3. The van der Waals surface area contributed by atoms with Gasteiger partial charge in [-0.1, -0.05) is 0 Å². The predicted molar refractivity (Wildman–Crippen MR) is 122 cm³/mol. The maximum absolute atomic E-state index is 12.1. The molecular weight excluding hydrogens is 376 g/mol. The zero-order valence-corrected chi connectivity index (χ0v) is 18.0. The Hall–Kier alpha value is -3.12. The van der Waals surface area contributed by atoms with E-state index in [0.29, 0.717) is 12.3 Å². The summed E-state index contributed by atoms with van der Waals surface area (Å²) in [6.07, 6.45) is 4.66. The van der Waals surface area contributed by atoms with Crippen molar-refractivity contribution in [2.24, 2.45) is 7.05 Å². The summed E-state index contributed by atoms with van der Waals surface area (Å²) in [5, 5.41) is 7.53. The molecule has 0 aliphatic carbocycles. The fourth-order valence-corrected chi connectivity index (χ4v) is 4.11. The van der Waals surface area contributed by atoms with E-state index in [2.05, 4.69) is 51.9 Å². The van der Waals surface area contributed by atoms with E-state index in [9.17, 15) is 4.79 Å². The van der Waals surface area contributed by atoms with Crippen molar-refractivity contribution in [3.8, 4) is 5.75 Å². The van der Waals surface area contributed by atoms with Crippen LogP contribution in [0.5, 0.6) is 5.75 Å². The Morgan fingerprint density at radius 3 is 2.80 bits per heavy atom. The number of benzene rings is 2. The summed E-state index contributed by atoms with van der Waals surface area (Å²) in [5.41, 5.74) is 3.58. The van der Waals surface area contributed by atoms with Crippen LogP contribution >= 0.6 is 0 Å². The van der Waals surface area contributed by atoms with Gasteiger partial charge < -0.3 is 19.5 Å². The highest BCUT2D eigenvalue weighted by atomic mass is 16.5. The second-order valence-electron chi connectivity index (χ2n) is 8.03. The van der Waals surface area contributed by atoms with Gasteiger partial charge in [0.05, 0.1) is 5.52 Å². The van der Waals surface area contributed by atoms with E-state index < -0.39 is 0 Å². The predicted octanol–water partition coefficient (Wildman–Crippen LogP) is 3.63. The van der Waals surface area contributed by atoms with Gasteiger partial charge in [0.25, 0.3) is 5.91 Å². The van der Waals surface area contributed by atoms with E-state index in [1.165, 1.54) is 21.9 Å². The normalized spacial score (nSPS) is 11.6. The maximum Gasteiger partial charge on any atom is 0.257 e. The molecule has 4 rings (SSSR count). The smallest absolute Gasteiger partial charge is 0.257 e. The van der Waals surface area contributed by atoms with E-state index in [4.69, 9.17) is 4.74 Å². The third kappa shape index (κ3) is 3.83. The van der Waals surface area contributed by atoms with Crippen LogP contribution in [0.2, 0.25) is 0 Å². The van der Waals surface area contributed by atoms with Crippen LogP contribution in [-0.2, 0) is 11.8 Å². The van der Waals surface area contributed by atoms with Crippen molar-refractivity contribution in [1.29, 1.82) is 0 Å². The van der Waals surface area contributed by atoms with Crippen molar-refractivity contribution < 1.29 is 9.53 Å². The minimum absolute atomic E-state index is 0.0180. The number of ether oxygens (including phenoxy) is 1. The topological polar surface area (TPSA) is 59.4 Å². The van der Waals surface area contributed by atoms with Crippen molar-refractivity contribution in [1.82, 2.24) is 19.8 Å². The molecule has 1 N–H and O–H groups in total. The van der Waals surface area contributed by atoms with Crippen LogP contribution in [0.25, 0.3) is 32.6 Å². The minimum Gasteiger partial charge on any atom is -0.484 e. The standard InChI is InChI=1S/C24H28N4O2/c1-16-19-8-10-25-14-17(19)12-21-20-13-18(6-7-22(20)28(4)24(16)21)30-15-23(29)26-9-5-11-27(2)3/h6-8,10,12-14H,5,9,11,15H2,1-4H3,(H,26,29). The molecule has 0 aliphatic rings. The van der Waals surface area contributed by atoms with Gasteiger partial charge in [0.1, 0.15) is 5.75 Å². The fourth-order valence-electron chi connectivity index (χ4n) is 4.11. The highest BCUT2D eigenvalue weighted by Gasteiger charge is 2.14. The third-order valence-corrected chi connectivity index (χ3v) is 5.60. The number of hydrogen-bond donors (Lipinski definition) is 1. The average molecular weight is 405 g/mol. The van der Waals surface area contributed by atoms with Crippen molar-refractivity contribution in [3.05, 3.63) is 48.3 Å². The van der Waals surface area contributed by atoms with Crippen molar-refractivity contribution in [2.45, 2.75) is 13.3 Å². The van der Waals surface area contributed by atoms with Crippen LogP contribution in [0.4, 0.5) is 0 Å². The van der Waals surface area contributed by atoms with Gasteiger partial charge in [0.2, 0.25) is 0 Å². The first kappa shape index (κ1) is 20.2. The molecule has 0 saturated carbocycles. The zero-order valence-electron chi connectivity index (χ0n) is 18.0. The lowest BCUT2D eigenvalue weighted by Crippen LogP contribution is -2.31. The molecule has 2 aromatic heterocycles. The van der Waals surface area contributed by atoms with Crippen LogP contribution in [0, 0.1) is 6.92 Å². The molecule has 0 saturated heterocycles. The largest absolute Gasteiger partial charge is 0.484 e. The molecule has 2 heterocycles. The molecule has 0 spiro atoms. The first-order chi connectivity index (χ1) is 14.5. The summed E-state index contributed by atoms with van der Waals surface area (Å²) in [7, 11) is 6.14. The molecule has 0 atom stereocenters. The first-order valence-electron chi connectivity index (χ1n) is 10.3. The maximum atomic E-state index is 12.1. The molecule has 156 valence electrons. The second-order valence-corrected chi connectivity index (χ2v) is 8.03. The van der Waals surface area contributed by atoms with Gasteiger partial charge in [-0.15, -0.1) is 0 Å². The number of rotatable bonds is 7. The quantitative estimate of drug-likeness (QED) is 0.478. The van der Waals surface area contributed by atoms with Crippen molar-refractivity contribution in [2.75, 3.05) is 33.8 Å². The van der Waals surface area contributed by atoms with E-state index in [1.54, 1.807) is 0 Å². The van der Waals surface area contributed by atoms with Gasteiger partial charge in [-0.25, -0.2) is 0 Å². The van der Waals surface area contributed by atoms with Crippen LogP contribution < -0.4 is 10.1 Å². The van der Waals surface area contributed by atoms with Gasteiger partial charge >= 0.3 is 0 Å².